The molecule has 2 aromatic rings. The molecule has 1 N–H and O–H groups in total. The van der Waals surface area contributed by atoms with E-state index in [2.05, 4.69) is 98.7 Å². The van der Waals surface area contributed by atoms with Crippen LogP contribution in [0.3, 0.4) is 0 Å². The number of hydrogen-bond acceptors (Lipinski definition) is 3. The molecule has 0 saturated heterocycles. The highest BCUT2D eigenvalue weighted by Gasteiger charge is 2.45. The van der Waals surface area contributed by atoms with Gasteiger partial charge in [-0.25, -0.2) is 0 Å². The van der Waals surface area contributed by atoms with Crippen LogP contribution in [0.4, 0.5) is 0 Å². The van der Waals surface area contributed by atoms with Crippen molar-refractivity contribution in [3.05, 3.63) is 59.7 Å². The van der Waals surface area contributed by atoms with E-state index in [1.54, 1.807) is 0 Å². The first kappa shape index (κ1) is 29.2. The minimum atomic E-state index is -0.252. The standard InChI is InChI=1S/C32H50O3/c1-12-34-23(4)35-27-19-15-24(16-20-27)28(22(2)3)31(8,9)21-32(10,11)29(30(5,6)7)25-13-17-26(33)18-14-25/h13-20,22-23,28-29,33H,12,21H2,1-11H3. The predicted octanol–water partition coefficient (Wildman–Crippen LogP) is 9.17. The zero-order chi connectivity index (χ0) is 26.6. The van der Waals surface area contributed by atoms with Crippen LogP contribution in [-0.4, -0.2) is 18.0 Å². The second-order valence-corrected chi connectivity index (χ2v) is 13.0. The lowest BCUT2D eigenvalue weighted by molar-refractivity contribution is -0.0613. The summed E-state index contributed by atoms with van der Waals surface area (Å²) in [6.07, 6.45) is 0.823. The fraction of sp³-hybridized carbons (Fsp3) is 0.625. The van der Waals surface area contributed by atoms with Gasteiger partial charge in [0.25, 0.3) is 0 Å². The van der Waals surface area contributed by atoms with Crippen LogP contribution in [0.2, 0.25) is 0 Å². The lowest BCUT2D eigenvalue weighted by atomic mass is 9.55. The number of aromatic hydroxyl groups is 1. The molecule has 0 bridgehead atoms. The fourth-order valence-corrected chi connectivity index (χ4v) is 7.13. The zero-order valence-electron chi connectivity index (χ0n) is 24.1. The van der Waals surface area contributed by atoms with E-state index >= 15 is 0 Å². The molecule has 35 heavy (non-hydrogen) atoms. The van der Waals surface area contributed by atoms with Crippen molar-refractivity contribution < 1.29 is 14.6 Å². The monoisotopic (exact) mass is 482 g/mol. The fourth-order valence-electron chi connectivity index (χ4n) is 7.13. The van der Waals surface area contributed by atoms with Crippen LogP contribution >= 0.6 is 0 Å². The molecule has 0 aliphatic heterocycles. The van der Waals surface area contributed by atoms with E-state index in [1.807, 2.05) is 26.0 Å². The van der Waals surface area contributed by atoms with Crippen LogP contribution in [0.15, 0.2) is 48.5 Å². The highest BCUT2D eigenvalue weighted by molar-refractivity contribution is 5.33. The summed E-state index contributed by atoms with van der Waals surface area (Å²) >= 11 is 0. The van der Waals surface area contributed by atoms with E-state index in [1.165, 1.54) is 11.1 Å². The molecular weight excluding hydrogens is 432 g/mol. The van der Waals surface area contributed by atoms with Crippen molar-refractivity contribution >= 4 is 0 Å². The third-order valence-corrected chi connectivity index (χ3v) is 7.24. The van der Waals surface area contributed by atoms with Gasteiger partial charge in [-0.2, -0.15) is 0 Å². The molecule has 0 heterocycles. The van der Waals surface area contributed by atoms with Crippen LogP contribution in [-0.2, 0) is 4.74 Å². The van der Waals surface area contributed by atoms with Crippen LogP contribution in [0.25, 0.3) is 0 Å². The summed E-state index contributed by atoms with van der Waals surface area (Å²) in [7, 11) is 0. The molecular formula is C32H50O3. The summed E-state index contributed by atoms with van der Waals surface area (Å²) in [6, 6.07) is 16.5. The van der Waals surface area contributed by atoms with Crippen molar-refractivity contribution in [2.75, 3.05) is 6.61 Å². The number of phenolic OH excluding ortho intramolecular Hbond substituents is 1. The first-order valence-electron chi connectivity index (χ1n) is 13.3. The Morgan fingerprint density at radius 3 is 1.71 bits per heavy atom. The van der Waals surface area contributed by atoms with Gasteiger partial charge in [0, 0.05) is 6.61 Å². The Bertz CT molecular complexity index is 901. The van der Waals surface area contributed by atoms with E-state index in [0.29, 0.717) is 30.1 Å². The van der Waals surface area contributed by atoms with E-state index in [4.69, 9.17) is 9.47 Å². The third kappa shape index (κ3) is 7.74. The summed E-state index contributed by atoms with van der Waals surface area (Å²) in [5.74, 6) is 2.41. The molecule has 0 aliphatic rings. The van der Waals surface area contributed by atoms with E-state index in [-0.39, 0.29) is 22.5 Å². The predicted molar refractivity (Wildman–Crippen MR) is 148 cm³/mol. The largest absolute Gasteiger partial charge is 0.508 e. The van der Waals surface area contributed by atoms with Gasteiger partial charge >= 0.3 is 0 Å². The lowest BCUT2D eigenvalue weighted by Crippen LogP contribution is -2.39. The van der Waals surface area contributed by atoms with E-state index in [9.17, 15) is 5.11 Å². The average Bonchev–Trinajstić information content (AvgIpc) is 2.68. The molecule has 0 spiro atoms. The van der Waals surface area contributed by atoms with Gasteiger partial charge in [-0.1, -0.05) is 86.6 Å². The SMILES string of the molecule is CCOC(C)Oc1ccc(C(C(C)C)C(C)(C)CC(C)(C)C(c2ccc(O)cc2)C(C)(C)C)cc1. The number of hydrogen-bond donors (Lipinski definition) is 1. The Labute approximate surface area is 215 Å². The number of phenols is 1. The number of ether oxygens (including phenoxy) is 2. The summed E-state index contributed by atoms with van der Waals surface area (Å²) in [6.45, 7) is 25.9. The highest BCUT2D eigenvalue weighted by atomic mass is 16.7. The zero-order valence-corrected chi connectivity index (χ0v) is 24.1. The molecule has 2 rings (SSSR count). The first-order chi connectivity index (χ1) is 16.1. The molecule has 0 aromatic heterocycles. The Kier molecular flexibility index (Phi) is 9.50. The van der Waals surface area contributed by atoms with Crippen molar-refractivity contribution in [1.82, 2.24) is 0 Å². The molecule has 3 atom stereocenters. The van der Waals surface area contributed by atoms with Crippen molar-refractivity contribution in [3.63, 3.8) is 0 Å². The Morgan fingerprint density at radius 2 is 1.26 bits per heavy atom. The molecule has 0 fully saturated rings. The summed E-state index contributed by atoms with van der Waals surface area (Å²) in [5.41, 5.74) is 2.84. The minimum absolute atomic E-state index is 0.0435. The highest BCUT2D eigenvalue weighted by Crippen LogP contribution is 2.56. The van der Waals surface area contributed by atoms with Crippen molar-refractivity contribution in [2.24, 2.45) is 22.2 Å². The second-order valence-electron chi connectivity index (χ2n) is 13.0. The van der Waals surface area contributed by atoms with Crippen molar-refractivity contribution in [1.29, 1.82) is 0 Å². The molecule has 3 nitrogen and oxygen atoms in total. The molecule has 196 valence electrons. The molecule has 0 aliphatic carbocycles. The number of rotatable bonds is 11. The lowest BCUT2D eigenvalue weighted by Gasteiger charge is -2.49. The molecule has 0 saturated carbocycles. The van der Waals surface area contributed by atoms with Gasteiger partial charge < -0.3 is 14.6 Å². The van der Waals surface area contributed by atoms with Crippen LogP contribution in [0.1, 0.15) is 106 Å². The van der Waals surface area contributed by atoms with Gasteiger partial charge in [0.15, 0.2) is 6.29 Å². The average molecular weight is 483 g/mol. The van der Waals surface area contributed by atoms with Crippen LogP contribution in [0.5, 0.6) is 11.5 Å². The maximum atomic E-state index is 9.87. The van der Waals surface area contributed by atoms with Gasteiger partial charge in [-0.3, -0.25) is 0 Å². The normalized spacial score (nSPS) is 15.7. The second kappa shape index (κ2) is 11.4. The number of benzene rings is 2. The van der Waals surface area contributed by atoms with E-state index < -0.39 is 0 Å². The third-order valence-electron chi connectivity index (χ3n) is 7.24. The first-order valence-corrected chi connectivity index (χ1v) is 13.3. The Hall–Kier alpha value is -2.00. The van der Waals surface area contributed by atoms with Gasteiger partial charge in [-0.15, -0.1) is 0 Å². The summed E-state index contributed by atoms with van der Waals surface area (Å²) in [5, 5.41) is 9.87. The maximum absolute atomic E-state index is 9.87. The van der Waals surface area contributed by atoms with Crippen molar-refractivity contribution in [2.45, 2.75) is 101 Å². The topological polar surface area (TPSA) is 38.7 Å². The molecule has 0 amide bonds. The quantitative estimate of drug-likeness (QED) is 0.324. The van der Waals surface area contributed by atoms with Crippen LogP contribution < -0.4 is 4.74 Å². The molecule has 2 aromatic carbocycles. The van der Waals surface area contributed by atoms with Gasteiger partial charge in [0.2, 0.25) is 0 Å². The van der Waals surface area contributed by atoms with Gasteiger partial charge in [0.1, 0.15) is 11.5 Å². The molecule has 0 radical (unpaired) electrons. The van der Waals surface area contributed by atoms with Gasteiger partial charge in [-0.05, 0) is 89.7 Å². The molecule has 3 unspecified atom stereocenters. The maximum Gasteiger partial charge on any atom is 0.196 e. The van der Waals surface area contributed by atoms with Crippen molar-refractivity contribution in [3.8, 4) is 11.5 Å². The van der Waals surface area contributed by atoms with Gasteiger partial charge in [0.05, 0.1) is 0 Å². The summed E-state index contributed by atoms with van der Waals surface area (Å²) in [4.78, 5) is 0. The summed E-state index contributed by atoms with van der Waals surface area (Å²) < 4.78 is 11.4. The Morgan fingerprint density at radius 1 is 0.743 bits per heavy atom. The Balaban J connectivity index is 2.36. The van der Waals surface area contributed by atoms with E-state index in [0.717, 1.165) is 12.2 Å². The minimum Gasteiger partial charge on any atom is -0.508 e. The smallest absolute Gasteiger partial charge is 0.196 e. The molecule has 3 heteroatoms. The van der Waals surface area contributed by atoms with Crippen LogP contribution in [0, 0.1) is 22.2 Å².